The highest BCUT2D eigenvalue weighted by molar-refractivity contribution is 6.30. The minimum atomic E-state index is 0.379. The number of halogens is 1. The summed E-state index contributed by atoms with van der Waals surface area (Å²) in [5.74, 6) is 2.51. The van der Waals surface area contributed by atoms with Gasteiger partial charge in [0, 0.05) is 5.02 Å². The SMILES string of the molecule is C=CCc1ccccc1OCc1nc2ccccc2n1CCOc1ccc(Cl)cc1. The second-order valence-corrected chi connectivity index (χ2v) is 7.30. The maximum absolute atomic E-state index is 6.14. The average molecular weight is 419 g/mol. The summed E-state index contributed by atoms with van der Waals surface area (Å²) in [4.78, 5) is 4.79. The van der Waals surface area contributed by atoms with Crippen molar-refractivity contribution in [3.05, 3.63) is 102 Å². The molecule has 4 rings (SSSR count). The van der Waals surface area contributed by atoms with E-state index in [2.05, 4.69) is 23.3 Å². The highest BCUT2D eigenvalue weighted by Crippen LogP contribution is 2.22. The number of allylic oxidation sites excluding steroid dienone is 1. The number of fused-ring (bicyclic) bond motifs is 1. The van der Waals surface area contributed by atoms with E-state index < -0.39 is 0 Å². The quantitative estimate of drug-likeness (QED) is 0.309. The molecule has 0 unspecified atom stereocenters. The molecule has 0 radical (unpaired) electrons. The van der Waals surface area contributed by atoms with Crippen molar-refractivity contribution in [1.29, 1.82) is 0 Å². The Hall–Kier alpha value is -3.24. The summed E-state index contributed by atoms with van der Waals surface area (Å²) in [5.41, 5.74) is 3.12. The molecule has 0 aliphatic rings. The second kappa shape index (κ2) is 9.51. The molecule has 0 bridgehead atoms. The number of aromatic nitrogens is 2. The molecule has 0 saturated carbocycles. The Labute approximate surface area is 181 Å². The maximum atomic E-state index is 6.14. The van der Waals surface area contributed by atoms with E-state index in [-0.39, 0.29) is 0 Å². The lowest BCUT2D eigenvalue weighted by Gasteiger charge is -2.13. The topological polar surface area (TPSA) is 36.3 Å². The molecule has 1 aromatic heterocycles. The molecule has 5 heteroatoms. The van der Waals surface area contributed by atoms with Crippen LogP contribution in [0.25, 0.3) is 11.0 Å². The van der Waals surface area contributed by atoms with Crippen molar-refractivity contribution in [2.75, 3.05) is 6.61 Å². The number of para-hydroxylation sites is 3. The zero-order chi connectivity index (χ0) is 20.8. The predicted molar refractivity (Wildman–Crippen MR) is 121 cm³/mol. The standard InChI is InChI=1S/C25H23ClN2O2/c1-2-7-19-8-3-6-11-24(19)30-18-25-27-22-9-4-5-10-23(22)28(25)16-17-29-21-14-12-20(26)13-15-21/h2-6,8-15H,1,7,16-18H2. The van der Waals surface area contributed by atoms with Gasteiger partial charge in [-0.1, -0.05) is 48.0 Å². The van der Waals surface area contributed by atoms with Crippen molar-refractivity contribution in [2.45, 2.75) is 19.6 Å². The van der Waals surface area contributed by atoms with Crippen LogP contribution in [0.1, 0.15) is 11.4 Å². The first-order valence-corrected chi connectivity index (χ1v) is 10.3. The summed E-state index contributed by atoms with van der Waals surface area (Å²) in [6.07, 6.45) is 2.65. The summed E-state index contributed by atoms with van der Waals surface area (Å²) >= 11 is 5.94. The van der Waals surface area contributed by atoms with Gasteiger partial charge in [0.25, 0.3) is 0 Å². The second-order valence-electron chi connectivity index (χ2n) is 6.86. The van der Waals surface area contributed by atoms with Crippen LogP contribution < -0.4 is 9.47 Å². The van der Waals surface area contributed by atoms with Crippen LogP contribution >= 0.6 is 11.6 Å². The number of imidazole rings is 1. The van der Waals surface area contributed by atoms with E-state index in [1.807, 2.05) is 66.7 Å². The fourth-order valence-corrected chi connectivity index (χ4v) is 3.51. The Bertz CT molecular complexity index is 1140. The van der Waals surface area contributed by atoms with Crippen molar-refractivity contribution >= 4 is 22.6 Å². The molecular formula is C25H23ClN2O2. The number of benzene rings is 3. The molecule has 0 spiro atoms. The van der Waals surface area contributed by atoms with E-state index in [1.165, 1.54) is 0 Å². The minimum Gasteiger partial charge on any atom is -0.492 e. The molecule has 0 aliphatic carbocycles. The van der Waals surface area contributed by atoms with Crippen molar-refractivity contribution in [1.82, 2.24) is 9.55 Å². The van der Waals surface area contributed by atoms with Gasteiger partial charge in [-0.15, -0.1) is 6.58 Å². The number of rotatable bonds is 9. The van der Waals surface area contributed by atoms with Crippen LogP contribution in [-0.2, 0) is 19.6 Å². The first-order valence-electron chi connectivity index (χ1n) is 9.88. The fraction of sp³-hybridized carbons (Fsp3) is 0.160. The summed E-state index contributed by atoms with van der Waals surface area (Å²) in [7, 11) is 0. The molecule has 0 fully saturated rings. The lowest BCUT2D eigenvalue weighted by Crippen LogP contribution is -2.13. The third kappa shape index (κ3) is 4.66. The van der Waals surface area contributed by atoms with Crippen molar-refractivity contribution < 1.29 is 9.47 Å². The third-order valence-electron chi connectivity index (χ3n) is 4.82. The van der Waals surface area contributed by atoms with Crippen molar-refractivity contribution in [3.63, 3.8) is 0 Å². The highest BCUT2D eigenvalue weighted by Gasteiger charge is 2.12. The van der Waals surface area contributed by atoms with E-state index >= 15 is 0 Å². The Kier molecular flexibility index (Phi) is 6.35. The van der Waals surface area contributed by atoms with Crippen LogP contribution in [0.4, 0.5) is 0 Å². The van der Waals surface area contributed by atoms with Gasteiger partial charge in [0.15, 0.2) is 0 Å². The van der Waals surface area contributed by atoms with Crippen molar-refractivity contribution in [2.24, 2.45) is 0 Å². The van der Waals surface area contributed by atoms with Gasteiger partial charge in [0.1, 0.15) is 30.5 Å². The number of hydrogen-bond acceptors (Lipinski definition) is 3. The summed E-state index contributed by atoms with van der Waals surface area (Å²) < 4.78 is 14.2. The largest absolute Gasteiger partial charge is 0.492 e. The Morgan fingerprint density at radius 2 is 1.70 bits per heavy atom. The first-order chi connectivity index (χ1) is 14.7. The van der Waals surface area contributed by atoms with Crippen LogP contribution in [0.5, 0.6) is 11.5 Å². The summed E-state index contributed by atoms with van der Waals surface area (Å²) in [6, 6.07) is 23.5. The Morgan fingerprint density at radius 1 is 0.933 bits per heavy atom. The van der Waals surface area contributed by atoms with E-state index in [0.717, 1.165) is 40.3 Å². The lowest BCUT2D eigenvalue weighted by atomic mass is 10.1. The molecule has 0 saturated heterocycles. The molecule has 1 heterocycles. The predicted octanol–water partition coefficient (Wildman–Crippen LogP) is 6.08. The zero-order valence-electron chi connectivity index (χ0n) is 16.6. The number of hydrogen-bond donors (Lipinski definition) is 0. The molecular weight excluding hydrogens is 396 g/mol. The zero-order valence-corrected chi connectivity index (χ0v) is 17.4. The molecule has 0 aliphatic heterocycles. The minimum absolute atomic E-state index is 0.379. The third-order valence-corrected chi connectivity index (χ3v) is 5.08. The van der Waals surface area contributed by atoms with Crippen LogP contribution in [0.3, 0.4) is 0 Å². The first kappa shape index (κ1) is 20.0. The van der Waals surface area contributed by atoms with Crippen LogP contribution in [0, 0.1) is 0 Å². The summed E-state index contributed by atoms with van der Waals surface area (Å²) in [5, 5.41) is 0.694. The van der Waals surface area contributed by atoms with E-state index in [9.17, 15) is 0 Å². The molecule has 3 aromatic carbocycles. The Balaban J connectivity index is 1.51. The Morgan fingerprint density at radius 3 is 2.53 bits per heavy atom. The van der Waals surface area contributed by atoms with Crippen LogP contribution in [0.2, 0.25) is 5.02 Å². The highest BCUT2D eigenvalue weighted by atomic mass is 35.5. The van der Waals surface area contributed by atoms with Gasteiger partial charge in [-0.05, 0) is 54.4 Å². The molecule has 0 atom stereocenters. The lowest BCUT2D eigenvalue weighted by molar-refractivity contribution is 0.271. The molecule has 0 amide bonds. The molecule has 0 N–H and O–H groups in total. The molecule has 152 valence electrons. The maximum Gasteiger partial charge on any atom is 0.148 e. The fourth-order valence-electron chi connectivity index (χ4n) is 3.38. The van der Waals surface area contributed by atoms with E-state index in [1.54, 1.807) is 0 Å². The monoisotopic (exact) mass is 418 g/mol. The van der Waals surface area contributed by atoms with Gasteiger partial charge in [-0.25, -0.2) is 4.98 Å². The van der Waals surface area contributed by atoms with Crippen LogP contribution in [0.15, 0.2) is 85.5 Å². The molecule has 30 heavy (non-hydrogen) atoms. The number of nitrogens with zero attached hydrogens (tertiary/aromatic N) is 2. The van der Waals surface area contributed by atoms with Gasteiger partial charge < -0.3 is 14.0 Å². The van der Waals surface area contributed by atoms with Gasteiger partial charge in [0.05, 0.1) is 17.6 Å². The summed E-state index contributed by atoms with van der Waals surface area (Å²) in [6.45, 7) is 5.39. The van der Waals surface area contributed by atoms with Gasteiger partial charge in [-0.2, -0.15) is 0 Å². The number of ether oxygens (including phenoxy) is 2. The average Bonchev–Trinajstić information content (AvgIpc) is 3.12. The van der Waals surface area contributed by atoms with E-state index in [4.69, 9.17) is 26.1 Å². The molecule has 4 aromatic rings. The normalized spacial score (nSPS) is 10.8. The van der Waals surface area contributed by atoms with Gasteiger partial charge >= 0.3 is 0 Å². The van der Waals surface area contributed by atoms with Gasteiger partial charge in [0.2, 0.25) is 0 Å². The molecule has 4 nitrogen and oxygen atoms in total. The van der Waals surface area contributed by atoms with Gasteiger partial charge in [-0.3, -0.25) is 0 Å². The van der Waals surface area contributed by atoms with E-state index in [0.29, 0.717) is 24.8 Å². The smallest absolute Gasteiger partial charge is 0.148 e. The van der Waals surface area contributed by atoms with Crippen LogP contribution in [-0.4, -0.2) is 16.2 Å². The van der Waals surface area contributed by atoms with Crippen molar-refractivity contribution in [3.8, 4) is 11.5 Å².